The van der Waals surface area contributed by atoms with Crippen molar-refractivity contribution in [3.8, 4) is 33.8 Å². The third kappa shape index (κ3) is 3.24. The summed E-state index contributed by atoms with van der Waals surface area (Å²) in [6.45, 7) is 4.63. The Bertz CT molecular complexity index is 1800. The van der Waals surface area contributed by atoms with Crippen molar-refractivity contribution in [2.45, 2.75) is 32.1 Å². The largest absolute Gasteiger partial charge is 0.255 e. The Labute approximate surface area is 216 Å². The number of pyridine rings is 3. The van der Waals surface area contributed by atoms with E-state index in [0.717, 1.165) is 57.3 Å². The first kappa shape index (κ1) is 21.9. The molecule has 0 spiro atoms. The molecule has 3 aromatic carbocycles. The minimum absolute atomic E-state index is 0.0463. The molecule has 0 saturated heterocycles. The molecule has 3 aromatic heterocycles. The Balaban J connectivity index is 1.41. The lowest BCUT2D eigenvalue weighted by Gasteiger charge is -2.29. The zero-order valence-corrected chi connectivity index (χ0v) is 21.1. The molecule has 7 rings (SSSR count). The second kappa shape index (κ2) is 8.35. The van der Waals surface area contributed by atoms with Gasteiger partial charge in [-0.2, -0.15) is 0 Å². The lowest BCUT2D eigenvalue weighted by atomic mass is 9.73. The molecule has 37 heavy (non-hydrogen) atoms. The first-order valence-corrected chi connectivity index (χ1v) is 13.1. The SMILES string of the molecule is CCC1(CC)c2ccccc2-c2ccc(-c3ccc4ccc5ccc(-c6ccccn6)nc5c4n3)cc21. The summed E-state index contributed by atoms with van der Waals surface area (Å²) in [5, 5.41) is 2.17. The first-order chi connectivity index (χ1) is 18.2. The van der Waals surface area contributed by atoms with Gasteiger partial charge in [-0.3, -0.25) is 4.98 Å². The maximum Gasteiger partial charge on any atom is 0.0973 e. The molecule has 0 unspecified atom stereocenters. The van der Waals surface area contributed by atoms with E-state index in [9.17, 15) is 0 Å². The van der Waals surface area contributed by atoms with Crippen molar-refractivity contribution in [2.75, 3.05) is 0 Å². The third-order valence-electron chi connectivity index (χ3n) is 8.22. The topological polar surface area (TPSA) is 38.7 Å². The van der Waals surface area contributed by atoms with Crippen LogP contribution in [0.2, 0.25) is 0 Å². The number of rotatable bonds is 4. The van der Waals surface area contributed by atoms with Crippen LogP contribution in [0.25, 0.3) is 55.6 Å². The summed E-state index contributed by atoms with van der Waals surface area (Å²) in [5.41, 5.74) is 11.3. The van der Waals surface area contributed by atoms with Crippen LogP contribution in [0.1, 0.15) is 37.8 Å². The highest BCUT2D eigenvalue weighted by Crippen LogP contribution is 2.53. The highest BCUT2D eigenvalue weighted by molar-refractivity contribution is 6.04. The molecule has 0 amide bonds. The van der Waals surface area contributed by atoms with Crippen molar-refractivity contribution in [1.29, 1.82) is 0 Å². The first-order valence-electron chi connectivity index (χ1n) is 13.1. The molecule has 178 valence electrons. The predicted octanol–water partition coefficient (Wildman–Crippen LogP) is 8.60. The smallest absolute Gasteiger partial charge is 0.0973 e. The van der Waals surface area contributed by atoms with Crippen LogP contribution in [0.5, 0.6) is 0 Å². The van der Waals surface area contributed by atoms with E-state index >= 15 is 0 Å². The van der Waals surface area contributed by atoms with Crippen LogP contribution in [0.3, 0.4) is 0 Å². The van der Waals surface area contributed by atoms with Crippen molar-refractivity contribution < 1.29 is 0 Å². The number of hydrogen-bond donors (Lipinski definition) is 0. The highest BCUT2D eigenvalue weighted by atomic mass is 14.8. The third-order valence-corrected chi connectivity index (χ3v) is 8.22. The average molecular weight is 478 g/mol. The Morgan fingerprint density at radius 3 is 1.95 bits per heavy atom. The average Bonchev–Trinajstić information content (AvgIpc) is 3.26. The minimum Gasteiger partial charge on any atom is -0.255 e. The Hall–Kier alpha value is -4.37. The van der Waals surface area contributed by atoms with Crippen LogP contribution >= 0.6 is 0 Å². The summed E-state index contributed by atoms with van der Waals surface area (Å²) in [5.74, 6) is 0. The quantitative estimate of drug-likeness (QED) is 0.239. The van der Waals surface area contributed by atoms with Crippen LogP contribution in [0.15, 0.2) is 103 Å². The molecule has 6 aromatic rings. The summed E-state index contributed by atoms with van der Waals surface area (Å²) < 4.78 is 0. The minimum atomic E-state index is 0.0463. The van der Waals surface area contributed by atoms with Crippen LogP contribution in [-0.2, 0) is 5.41 Å². The van der Waals surface area contributed by atoms with E-state index in [4.69, 9.17) is 9.97 Å². The zero-order chi connectivity index (χ0) is 25.0. The van der Waals surface area contributed by atoms with Gasteiger partial charge in [-0.25, -0.2) is 9.97 Å². The Morgan fingerprint density at radius 1 is 0.568 bits per heavy atom. The van der Waals surface area contributed by atoms with Crippen molar-refractivity contribution in [2.24, 2.45) is 0 Å². The van der Waals surface area contributed by atoms with Gasteiger partial charge in [0.05, 0.1) is 28.1 Å². The molecule has 0 fully saturated rings. The maximum absolute atomic E-state index is 5.20. The molecule has 0 radical (unpaired) electrons. The number of fused-ring (bicyclic) bond motifs is 6. The number of nitrogens with zero attached hydrogens (tertiary/aromatic N) is 3. The van der Waals surface area contributed by atoms with Crippen LogP contribution < -0.4 is 0 Å². The Kier molecular flexibility index (Phi) is 4.93. The van der Waals surface area contributed by atoms with Crippen molar-refractivity contribution in [3.05, 3.63) is 114 Å². The second-order valence-corrected chi connectivity index (χ2v) is 9.91. The zero-order valence-electron chi connectivity index (χ0n) is 21.1. The standard InChI is InChI=1S/C34H27N3/c1-3-34(4-2)27-10-6-5-9-25(27)26-17-14-24(21-28(26)34)29-18-15-22-12-13-23-16-19-31(30-11-7-8-20-35-30)37-33(23)32(22)36-29/h5-21H,3-4H2,1-2H3. The molecule has 1 aliphatic rings. The van der Waals surface area contributed by atoms with Gasteiger partial charge in [0, 0.05) is 27.9 Å². The van der Waals surface area contributed by atoms with Crippen molar-refractivity contribution >= 4 is 21.8 Å². The van der Waals surface area contributed by atoms with Gasteiger partial charge in [0.15, 0.2) is 0 Å². The van der Waals surface area contributed by atoms with Gasteiger partial charge in [0.2, 0.25) is 0 Å². The lowest BCUT2D eigenvalue weighted by molar-refractivity contribution is 0.490. The monoisotopic (exact) mass is 477 g/mol. The Morgan fingerprint density at radius 2 is 1.22 bits per heavy atom. The molecule has 0 atom stereocenters. The van der Waals surface area contributed by atoms with Gasteiger partial charge in [-0.05, 0) is 65.4 Å². The highest BCUT2D eigenvalue weighted by Gasteiger charge is 2.40. The second-order valence-electron chi connectivity index (χ2n) is 9.91. The van der Waals surface area contributed by atoms with Crippen LogP contribution in [-0.4, -0.2) is 15.0 Å². The normalized spacial score (nSPS) is 13.6. The molecule has 3 heteroatoms. The van der Waals surface area contributed by atoms with Gasteiger partial charge >= 0.3 is 0 Å². The van der Waals surface area contributed by atoms with Crippen molar-refractivity contribution in [3.63, 3.8) is 0 Å². The van der Waals surface area contributed by atoms with E-state index in [2.05, 4.69) is 91.6 Å². The molecular weight excluding hydrogens is 450 g/mol. The van der Waals surface area contributed by atoms with E-state index in [1.54, 1.807) is 6.20 Å². The molecule has 1 aliphatic carbocycles. The van der Waals surface area contributed by atoms with E-state index < -0.39 is 0 Å². The summed E-state index contributed by atoms with van der Waals surface area (Å²) in [4.78, 5) is 14.7. The summed E-state index contributed by atoms with van der Waals surface area (Å²) in [6.07, 6.45) is 3.96. The lowest BCUT2D eigenvalue weighted by Crippen LogP contribution is -2.23. The van der Waals surface area contributed by atoms with E-state index in [1.165, 1.54) is 22.3 Å². The fourth-order valence-electron chi connectivity index (χ4n) is 6.21. The van der Waals surface area contributed by atoms with Gasteiger partial charge in [-0.15, -0.1) is 0 Å². The molecule has 0 saturated carbocycles. The molecule has 0 bridgehead atoms. The van der Waals surface area contributed by atoms with E-state index in [1.807, 2.05) is 24.3 Å². The number of hydrogen-bond acceptors (Lipinski definition) is 3. The molecule has 0 N–H and O–H groups in total. The van der Waals surface area contributed by atoms with Gasteiger partial charge in [-0.1, -0.05) is 80.6 Å². The molecule has 3 nitrogen and oxygen atoms in total. The predicted molar refractivity (Wildman–Crippen MR) is 153 cm³/mol. The fraction of sp³-hybridized carbons (Fsp3) is 0.147. The van der Waals surface area contributed by atoms with E-state index in [-0.39, 0.29) is 5.41 Å². The number of aromatic nitrogens is 3. The van der Waals surface area contributed by atoms with Gasteiger partial charge < -0.3 is 0 Å². The molecule has 0 aliphatic heterocycles. The summed E-state index contributed by atoms with van der Waals surface area (Å²) in [6, 6.07) is 34.4. The summed E-state index contributed by atoms with van der Waals surface area (Å²) >= 11 is 0. The van der Waals surface area contributed by atoms with Gasteiger partial charge in [0.1, 0.15) is 0 Å². The van der Waals surface area contributed by atoms with Crippen molar-refractivity contribution in [1.82, 2.24) is 15.0 Å². The van der Waals surface area contributed by atoms with Gasteiger partial charge in [0.25, 0.3) is 0 Å². The van der Waals surface area contributed by atoms with Crippen LogP contribution in [0.4, 0.5) is 0 Å². The maximum atomic E-state index is 5.20. The van der Waals surface area contributed by atoms with E-state index in [0.29, 0.717) is 0 Å². The number of benzene rings is 3. The fourth-order valence-corrected chi connectivity index (χ4v) is 6.21. The molecular formula is C34H27N3. The summed E-state index contributed by atoms with van der Waals surface area (Å²) in [7, 11) is 0. The van der Waals surface area contributed by atoms with Crippen LogP contribution in [0, 0.1) is 0 Å². The molecule has 3 heterocycles.